The van der Waals surface area contributed by atoms with Gasteiger partial charge >= 0.3 is 7.12 Å². The van der Waals surface area contributed by atoms with Crippen molar-refractivity contribution in [3.63, 3.8) is 0 Å². The van der Waals surface area contributed by atoms with E-state index in [1.807, 2.05) is 64.9 Å². The maximum atomic E-state index is 15.7. The van der Waals surface area contributed by atoms with Gasteiger partial charge in [-0.2, -0.15) is 0 Å². The first-order valence-corrected chi connectivity index (χ1v) is 23.4. The molecular weight excluding hydrogens is 859 g/mol. The largest absolute Gasteiger partial charge is 0.505 e. The summed E-state index contributed by atoms with van der Waals surface area (Å²) in [4.78, 5) is 29.4. The van der Waals surface area contributed by atoms with Gasteiger partial charge in [0.1, 0.15) is 23.1 Å². The molecule has 4 aromatic rings. The maximum absolute atomic E-state index is 15.7. The van der Waals surface area contributed by atoms with Crippen LogP contribution in [0.1, 0.15) is 74.4 Å². The van der Waals surface area contributed by atoms with Gasteiger partial charge in [0.15, 0.2) is 0 Å². The van der Waals surface area contributed by atoms with Crippen LogP contribution in [-0.4, -0.2) is 127 Å². The molecule has 1 aromatic heterocycles. The molecule has 0 bridgehead atoms. The lowest BCUT2D eigenvalue weighted by molar-refractivity contribution is -0.107. The first-order chi connectivity index (χ1) is 31.0. The van der Waals surface area contributed by atoms with E-state index in [1.54, 1.807) is 42.7 Å². The van der Waals surface area contributed by atoms with Gasteiger partial charge in [-0.25, -0.2) is 13.8 Å². The fourth-order valence-corrected chi connectivity index (χ4v) is 9.24. The average molecular weight is 926 g/mol. The zero-order chi connectivity index (χ0) is 47.9. The quantitative estimate of drug-likeness (QED) is 0.104. The molecule has 0 atom stereocenters. The van der Waals surface area contributed by atoms with E-state index in [2.05, 4.69) is 54.2 Å². The van der Waals surface area contributed by atoms with Gasteiger partial charge in [-0.15, -0.1) is 0 Å². The van der Waals surface area contributed by atoms with Gasteiger partial charge in [-0.05, 0) is 135 Å². The Morgan fingerprint density at radius 3 is 1.89 bits per heavy atom. The van der Waals surface area contributed by atoms with Crippen LogP contribution in [0.2, 0.25) is 5.02 Å². The van der Waals surface area contributed by atoms with E-state index in [1.165, 1.54) is 17.0 Å². The third-order valence-electron chi connectivity index (χ3n) is 14.0. The molecule has 1 amide bonds. The lowest BCUT2D eigenvalue weighted by Gasteiger charge is -2.45. The predicted molar refractivity (Wildman–Crippen MR) is 265 cm³/mol. The number of aromatic nitrogens is 1. The van der Waals surface area contributed by atoms with Crippen molar-refractivity contribution in [2.45, 2.75) is 97.4 Å². The normalized spacial score (nSPS) is 18.4. The number of anilines is 3. The number of hydrogen-bond donors (Lipinski definition) is 1. The number of hydrogen-bond acceptors (Lipinski definition) is 10. The van der Waals surface area contributed by atoms with E-state index in [9.17, 15) is 9.90 Å². The van der Waals surface area contributed by atoms with Gasteiger partial charge < -0.3 is 29.1 Å². The molecular formula is C51H67BClF2N7O4. The van der Waals surface area contributed by atoms with Crippen LogP contribution >= 0.6 is 11.6 Å². The van der Waals surface area contributed by atoms with Crippen molar-refractivity contribution in [1.29, 1.82) is 0 Å². The summed E-state index contributed by atoms with van der Waals surface area (Å²) >= 11 is 6.87. The third-order valence-corrected chi connectivity index (χ3v) is 14.3. The highest BCUT2D eigenvalue weighted by molar-refractivity contribution is 6.62. The van der Waals surface area contributed by atoms with Crippen molar-refractivity contribution < 1.29 is 28.0 Å². The van der Waals surface area contributed by atoms with Gasteiger partial charge in [0, 0.05) is 107 Å². The van der Waals surface area contributed by atoms with Crippen LogP contribution in [0.4, 0.5) is 25.8 Å². The monoisotopic (exact) mass is 926 g/mol. The van der Waals surface area contributed by atoms with E-state index in [0.717, 1.165) is 43.8 Å². The molecule has 0 spiro atoms. The van der Waals surface area contributed by atoms with E-state index in [-0.39, 0.29) is 28.5 Å². The van der Waals surface area contributed by atoms with Crippen molar-refractivity contribution in [3.8, 4) is 28.1 Å². The molecule has 4 heterocycles. The van der Waals surface area contributed by atoms with Gasteiger partial charge in [0.2, 0.25) is 6.41 Å². The van der Waals surface area contributed by atoms with Crippen LogP contribution < -0.4 is 20.2 Å². The van der Waals surface area contributed by atoms with Crippen LogP contribution in [0.25, 0.3) is 22.4 Å². The van der Waals surface area contributed by atoms with E-state index in [0.29, 0.717) is 83.5 Å². The first kappa shape index (κ1) is 49.2. The number of piperazine rings is 2. The molecule has 3 saturated heterocycles. The van der Waals surface area contributed by atoms with Crippen LogP contribution in [0.5, 0.6) is 5.75 Å². The topological polar surface area (TPSA) is 88.1 Å². The number of rotatable bonds is 13. The Morgan fingerprint density at radius 2 is 1.33 bits per heavy atom. The Hall–Kier alpha value is -4.73. The molecule has 11 nitrogen and oxygen atoms in total. The fourth-order valence-electron chi connectivity index (χ4n) is 8.96. The highest BCUT2D eigenvalue weighted by Gasteiger charge is 2.52. The number of benzene rings is 3. The molecule has 3 fully saturated rings. The molecule has 66 heavy (non-hydrogen) atoms. The zero-order valence-electron chi connectivity index (χ0n) is 40.6. The summed E-state index contributed by atoms with van der Waals surface area (Å²) in [6.45, 7) is 24.7. The summed E-state index contributed by atoms with van der Waals surface area (Å²) in [5, 5.41) is 12.4. The summed E-state index contributed by atoms with van der Waals surface area (Å²) < 4.78 is 43.7. The van der Waals surface area contributed by atoms with Crippen LogP contribution in [0.3, 0.4) is 0 Å². The molecule has 15 heteroatoms. The zero-order valence-corrected chi connectivity index (χ0v) is 41.3. The van der Waals surface area contributed by atoms with Crippen molar-refractivity contribution >= 4 is 47.7 Å². The van der Waals surface area contributed by atoms with Crippen molar-refractivity contribution in [1.82, 2.24) is 19.7 Å². The maximum Gasteiger partial charge on any atom is 0.494 e. The van der Waals surface area contributed by atoms with Crippen molar-refractivity contribution in [2.75, 3.05) is 81.2 Å². The summed E-state index contributed by atoms with van der Waals surface area (Å²) in [6, 6.07) is 17.2. The minimum Gasteiger partial charge on any atom is -0.505 e. The first-order valence-electron chi connectivity index (χ1n) is 23.0. The van der Waals surface area contributed by atoms with Gasteiger partial charge in [-0.1, -0.05) is 23.7 Å². The smallest absolute Gasteiger partial charge is 0.494 e. The van der Waals surface area contributed by atoms with Gasteiger partial charge in [0.05, 0.1) is 33.3 Å². The van der Waals surface area contributed by atoms with Gasteiger partial charge in [-0.3, -0.25) is 19.5 Å². The summed E-state index contributed by atoms with van der Waals surface area (Å²) in [5.41, 5.74) is 3.89. The Labute approximate surface area is 396 Å². The minimum absolute atomic E-state index is 0.0141. The number of halogens is 3. The molecule has 3 aliphatic rings. The second kappa shape index (κ2) is 19.1. The molecule has 0 radical (unpaired) electrons. The van der Waals surface area contributed by atoms with Gasteiger partial charge in [0.25, 0.3) is 0 Å². The standard InChI is InChI=1S/C51H67BClF2N7O4/c1-48(2,3)61-26-22-58(23-27-61)44-31-36(12-15-41(44)54)46-47(64)39(35-13-17-43(40(53)30-35)60(34-63)21-20-57(10)11)33-38(56-46)18-19-49(4,5)62-28-24-59(25-29-62)45-32-37(14-16-42(45)55)52-65-50(6,7)51(8,9)66-52/h12-17,20-21,30-34,64H,18-19,22-29H2,1-11H3/b21-20-. The molecule has 0 aliphatic carbocycles. The van der Waals surface area contributed by atoms with E-state index in [4.69, 9.17) is 25.9 Å². The Balaban J connectivity index is 1.14. The highest BCUT2D eigenvalue weighted by atomic mass is 35.5. The fraction of sp³-hybridized carbons (Fsp3) is 0.490. The second-order valence-electron chi connectivity index (χ2n) is 20.7. The van der Waals surface area contributed by atoms with E-state index < -0.39 is 18.3 Å². The molecule has 1 N–H and O–H groups in total. The highest BCUT2D eigenvalue weighted by Crippen LogP contribution is 2.42. The summed E-state index contributed by atoms with van der Waals surface area (Å²) in [6.07, 6.45) is 5.37. The van der Waals surface area contributed by atoms with Crippen molar-refractivity contribution in [3.05, 3.63) is 95.4 Å². The Morgan fingerprint density at radius 1 is 0.773 bits per heavy atom. The minimum atomic E-state index is -0.580. The number of amides is 1. The number of carbonyl (C=O) groups excluding carboxylic acids is 1. The van der Waals surface area contributed by atoms with Crippen LogP contribution in [0.15, 0.2) is 73.1 Å². The number of aryl methyl sites for hydroxylation is 1. The predicted octanol–water partition coefficient (Wildman–Crippen LogP) is 8.80. The SMILES string of the molecule is CN(C)/C=C\N(C=O)c1ccc(-c2cc(CCC(C)(C)N3CCN(c4cc(B5OC(C)(C)C(C)(C)O5)ccc4F)CC3)nc(-c3ccc(F)c(N4CCN(C(C)(C)C)CC4)c3)c2O)cc1Cl. The lowest BCUT2D eigenvalue weighted by Crippen LogP contribution is -2.55. The number of pyridine rings is 1. The molecule has 3 aliphatic heterocycles. The molecule has 0 unspecified atom stereocenters. The summed E-state index contributed by atoms with van der Waals surface area (Å²) in [5.74, 6) is -0.656. The Bertz CT molecular complexity index is 2410. The third kappa shape index (κ3) is 10.5. The number of nitrogens with zero attached hydrogens (tertiary/aromatic N) is 7. The molecule has 354 valence electrons. The number of carbonyl (C=O) groups is 1. The Kier molecular flexibility index (Phi) is 14.2. The van der Waals surface area contributed by atoms with Crippen LogP contribution in [-0.2, 0) is 20.5 Å². The molecule has 0 saturated carbocycles. The van der Waals surface area contributed by atoms with Crippen LogP contribution in [0, 0.1) is 11.6 Å². The average Bonchev–Trinajstić information content (AvgIpc) is 3.49. The lowest BCUT2D eigenvalue weighted by atomic mass is 9.79. The molecule has 7 rings (SSSR count). The van der Waals surface area contributed by atoms with E-state index >= 15 is 8.78 Å². The summed E-state index contributed by atoms with van der Waals surface area (Å²) in [7, 11) is 3.14. The number of aromatic hydroxyl groups is 1. The van der Waals surface area contributed by atoms with Crippen molar-refractivity contribution in [2.24, 2.45) is 0 Å². The molecule has 3 aromatic carbocycles. The second-order valence-corrected chi connectivity index (χ2v) is 21.1.